The maximum absolute atomic E-state index is 6.50. The van der Waals surface area contributed by atoms with E-state index >= 15 is 0 Å². The smallest absolute Gasteiger partial charge is 0.128 e. The Hall–Kier alpha value is -4.37. The minimum absolute atomic E-state index is 0. The van der Waals surface area contributed by atoms with Crippen molar-refractivity contribution in [2.24, 2.45) is 0 Å². The average molecular weight is 805 g/mol. The Morgan fingerprint density at radius 3 is 2.15 bits per heavy atom. The van der Waals surface area contributed by atoms with Crippen LogP contribution in [-0.2, 0) is 25.5 Å². The van der Waals surface area contributed by atoms with Gasteiger partial charge in [-0.1, -0.05) is 118 Å². The second-order valence-electron chi connectivity index (χ2n) is 13.5. The summed E-state index contributed by atoms with van der Waals surface area (Å²) < 4.78 is 6.50. The van der Waals surface area contributed by atoms with Crippen molar-refractivity contribution in [1.29, 1.82) is 0 Å². The molecule has 0 spiro atoms. The van der Waals surface area contributed by atoms with Gasteiger partial charge in [-0.2, -0.15) is 0 Å². The van der Waals surface area contributed by atoms with E-state index in [9.17, 15) is 0 Å². The summed E-state index contributed by atoms with van der Waals surface area (Å²) in [5.41, 5.74) is 10.8. The molecule has 4 aromatic carbocycles. The van der Waals surface area contributed by atoms with Crippen LogP contribution in [0.2, 0.25) is 0 Å². The Balaban J connectivity index is 0.000000201. The number of nitrogens with zero attached hydrogens (tertiary/aromatic N) is 2. The molecule has 3 nitrogen and oxygen atoms in total. The number of aromatic nitrogens is 2. The SMILES string of the molecule is CC(C)(C)c1ccc(-c2[c-]cccc2)nc1.[Ir].[c-]1ccc2c(oc3c(-c4ccc(C5CCCCC5)cc4)cccc32)c1-c1ccccn1. The van der Waals surface area contributed by atoms with Crippen molar-refractivity contribution in [3.63, 3.8) is 0 Å². The van der Waals surface area contributed by atoms with E-state index in [1.807, 2.05) is 60.9 Å². The summed E-state index contributed by atoms with van der Waals surface area (Å²) in [5.74, 6) is 0.723. The number of benzene rings is 4. The van der Waals surface area contributed by atoms with Gasteiger partial charge in [-0.3, -0.25) is 0 Å². The van der Waals surface area contributed by atoms with Gasteiger partial charge >= 0.3 is 0 Å². The topological polar surface area (TPSA) is 38.9 Å². The van der Waals surface area contributed by atoms with Crippen LogP contribution in [0.1, 0.15) is 69.9 Å². The molecule has 3 aromatic heterocycles. The van der Waals surface area contributed by atoms with Crippen molar-refractivity contribution in [1.82, 2.24) is 9.97 Å². The Kier molecular flexibility index (Phi) is 10.3. The van der Waals surface area contributed by atoms with Gasteiger partial charge in [-0.05, 0) is 58.3 Å². The van der Waals surface area contributed by atoms with E-state index in [0.29, 0.717) is 0 Å². The van der Waals surface area contributed by atoms with E-state index in [0.717, 1.165) is 55.9 Å². The Bertz CT molecular complexity index is 2070. The number of hydrogen-bond acceptors (Lipinski definition) is 3. The number of hydrogen-bond donors (Lipinski definition) is 0. The molecular weight excluding hydrogens is 765 g/mol. The van der Waals surface area contributed by atoms with Gasteiger partial charge in [0, 0.05) is 43.4 Å². The van der Waals surface area contributed by atoms with Gasteiger partial charge in [-0.25, -0.2) is 0 Å². The van der Waals surface area contributed by atoms with Crippen molar-refractivity contribution in [2.75, 3.05) is 0 Å². The van der Waals surface area contributed by atoms with Crippen LogP contribution in [0.5, 0.6) is 0 Å². The normalized spacial score (nSPS) is 13.5. The summed E-state index contributed by atoms with van der Waals surface area (Å²) >= 11 is 0. The first-order valence-corrected chi connectivity index (χ1v) is 16.8. The van der Waals surface area contributed by atoms with Crippen LogP contribution in [-0.4, -0.2) is 9.97 Å². The molecule has 0 unspecified atom stereocenters. The van der Waals surface area contributed by atoms with E-state index in [4.69, 9.17) is 4.42 Å². The second kappa shape index (κ2) is 14.8. The van der Waals surface area contributed by atoms with E-state index < -0.39 is 0 Å². The minimum Gasteiger partial charge on any atom is -0.500 e. The molecule has 1 aliphatic carbocycles. The van der Waals surface area contributed by atoms with E-state index in [1.165, 1.54) is 48.8 Å². The number of rotatable bonds is 4. The third kappa shape index (κ3) is 7.21. The first kappa shape index (κ1) is 33.5. The van der Waals surface area contributed by atoms with Gasteiger partial charge in [-0.15, -0.1) is 54.1 Å². The van der Waals surface area contributed by atoms with E-state index in [-0.39, 0.29) is 25.5 Å². The molecule has 0 atom stereocenters. The summed E-state index contributed by atoms with van der Waals surface area (Å²) in [5, 5.41) is 2.24. The summed E-state index contributed by atoms with van der Waals surface area (Å²) in [7, 11) is 0. The number of pyridine rings is 2. The largest absolute Gasteiger partial charge is 0.500 e. The van der Waals surface area contributed by atoms with Crippen molar-refractivity contribution < 1.29 is 24.5 Å². The average Bonchev–Trinajstić information content (AvgIpc) is 3.52. The Morgan fingerprint density at radius 1 is 0.667 bits per heavy atom. The number of para-hydroxylation sites is 1. The Morgan fingerprint density at radius 2 is 1.46 bits per heavy atom. The standard InChI is InChI=1S/C29H24NO.C15H16N.Ir/c1-2-8-20(9-3-1)21-15-17-22(18-16-21)23-10-6-11-24-25-12-7-13-26(29(25)31-28(23)24)27-14-4-5-19-30-27;1-15(2,3)13-9-10-14(16-11-13)12-7-5-4-6-8-12;/h4-7,10-12,14-20H,1-3,8-9H2;4-7,9-11H,1-3H3;/q2*-1;. The van der Waals surface area contributed by atoms with Crippen molar-refractivity contribution in [2.45, 2.75) is 64.2 Å². The van der Waals surface area contributed by atoms with Crippen LogP contribution < -0.4 is 0 Å². The molecule has 7 aromatic rings. The number of furan rings is 1. The van der Waals surface area contributed by atoms with Gasteiger partial charge in [0.25, 0.3) is 0 Å². The van der Waals surface area contributed by atoms with Gasteiger partial charge in [0.1, 0.15) is 5.58 Å². The maximum atomic E-state index is 6.50. The second-order valence-corrected chi connectivity index (χ2v) is 13.5. The van der Waals surface area contributed by atoms with Crippen LogP contribution in [0.25, 0.3) is 55.6 Å². The molecule has 4 heteroatoms. The molecule has 8 rings (SSSR count). The molecule has 0 amide bonds. The third-order valence-electron chi connectivity index (χ3n) is 9.29. The molecule has 1 fully saturated rings. The first-order valence-electron chi connectivity index (χ1n) is 16.8. The molecule has 3 heterocycles. The third-order valence-corrected chi connectivity index (χ3v) is 9.29. The fourth-order valence-corrected chi connectivity index (χ4v) is 6.61. The van der Waals surface area contributed by atoms with Crippen LogP contribution in [0.3, 0.4) is 0 Å². The molecule has 1 aliphatic rings. The zero-order chi connectivity index (χ0) is 32.2. The zero-order valence-corrected chi connectivity index (χ0v) is 30.2. The van der Waals surface area contributed by atoms with Crippen LogP contribution in [0, 0.1) is 12.1 Å². The minimum atomic E-state index is 0. The van der Waals surface area contributed by atoms with E-state index in [1.54, 1.807) is 0 Å². The van der Waals surface area contributed by atoms with Gasteiger partial charge in [0.15, 0.2) is 0 Å². The zero-order valence-electron chi connectivity index (χ0n) is 27.8. The van der Waals surface area contributed by atoms with Crippen molar-refractivity contribution in [3.8, 4) is 33.6 Å². The van der Waals surface area contributed by atoms with E-state index in [2.05, 4.69) is 104 Å². The predicted molar refractivity (Wildman–Crippen MR) is 194 cm³/mol. The van der Waals surface area contributed by atoms with Gasteiger partial charge < -0.3 is 14.4 Å². The molecule has 0 N–H and O–H groups in total. The molecule has 243 valence electrons. The molecule has 0 aliphatic heterocycles. The first-order chi connectivity index (χ1) is 23.0. The van der Waals surface area contributed by atoms with Crippen LogP contribution >= 0.6 is 0 Å². The predicted octanol–water partition coefficient (Wildman–Crippen LogP) is 12.0. The van der Waals surface area contributed by atoms with Gasteiger partial charge in [0.05, 0.1) is 5.58 Å². The van der Waals surface area contributed by atoms with Crippen molar-refractivity contribution in [3.05, 3.63) is 145 Å². The molecular formula is C44H40IrN2O-2. The summed E-state index contributed by atoms with van der Waals surface area (Å²) in [4.78, 5) is 9.00. The summed E-state index contributed by atoms with van der Waals surface area (Å²) in [6.45, 7) is 6.58. The quantitative estimate of drug-likeness (QED) is 0.166. The summed E-state index contributed by atoms with van der Waals surface area (Å²) in [6.07, 6.45) is 10.5. The fourth-order valence-electron chi connectivity index (χ4n) is 6.61. The van der Waals surface area contributed by atoms with Gasteiger partial charge in [0.2, 0.25) is 0 Å². The fraction of sp³-hybridized carbons (Fsp3) is 0.227. The van der Waals surface area contributed by atoms with Crippen molar-refractivity contribution >= 4 is 21.9 Å². The molecule has 48 heavy (non-hydrogen) atoms. The molecule has 1 radical (unpaired) electrons. The van der Waals surface area contributed by atoms with Crippen LogP contribution in [0.15, 0.2) is 126 Å². The molecule has 0 bridgehead atoms. The maximum Gasteiger partial charge on any atom is 0.128 e. The van der Waals surface area contributed by atoms with Crippen LogP contribution in [0.4, 0.5) is 0 Å². The Labute approximate surface area is 297 Å². The molecule has 1 saturated carbocycles. The number of fused-ring (bicyclic) bond motifs is 3. The summed E-state index contributed by atoms with van der Waals surface area (Å²) in [6, 6.07) is 44.2. The molecule has 0 saturated heterocycles. The monoisotopic (exact) mass is 805 g/mol.